The van der Waals surface area contributed by atoms with Crippen molar-refractivity contribution in [1.82, 2.24) is 0 Å². The monoisotopic (exact) mass is 681 g/mol. The van der Waals surface area contributed by atoms with E-state index in [2.05, 4.69) is 101 Å². The van der Waals surface area contributed by atoms with E-state index in [1.165, 1.54) is 15.9 Å². The van der Waals surface area contributed by atoms with Crippen LogP contribution in [0.1, 0.15) is 15.9 Å². The van der Waals surface area contributed by atoms with Crippen LogP contribution >= 0.6 is 5.15 Å². The third kappa shape index (κ3) is 5.83. The zero-order valence-electron chi connectivity index (χ0n) is 20.0. The Balaban J connectivity index is 1.51. The summed E-state index contributed by atoms with van der Waals surface area (Å²) in [6.45, 7) is 0. The van der Waals surface area contributed by atoms with Gasteiger partial charge in [0.05, 0.1) is 0 Å². The third-order valence-electron chi connectivity index (χ3n) is 5.83. The minimum atomic E-state index is -2.33. The molecule has 0 N–H and O–H groups in total. The van der Waals surface area contributed by atoms with Crippen molar-refractivity contribution in [2.24, 2.45) is 0 Å². The summed E-state index contributed by atoms with van der Waals surface area (Å²) < 4.78 is 9.12. The van der Waals surface area contributed by atoms with Gasteiger partial charge in [-0.15, -0.1) is 0 Å². The summed E-state index contributed by atoms with van der Waals surface area (Å²) >= 11 is -0.442. The summed E-state index contributed by atoms with van der Waals surface area (Å²) in [5, 5.41) is 1.76. The van der Waals surface area contributed by atoms with Crippen LogP contribution in [-0.2, 0) is 19.2 Å². The van der Waals surface area contributed by atoms with E-state index < -0.39 is 24.4 Å². The first-order valence-electron chi connectivity index (χ1n) is 11.9. The molecule has 0 spiro atoms. The van der Waals surface area contributed by atoms with E-state index in [1.807, 2.05) is 36.4 Å². The molecule has 0 unspecified atom stereocenters. The van der Waals surface area contributed by atoms with Gasteiger partial charge in [0.1, 0.15) is 0 Å². The predicted molar refractivity (Wildman–Crippen MR) is 151 cm³/mol. The average molecular weight is 682 g/mol. The summed E-state index contributed by atoms with van der Waals surface area (Å²) in [7, 11) is 0. The molecule has 0 fully saturated rings. The van der Waals surface area contributed by atoms with Crippen molar-refractivity contribution in [3.05, 3.63) is 157 Å². The average Bonchev–Trinajstić information content (AvgIpc) is 2.97. The second-order valence-corrected chi connectivity index (χ2v) is 18.4. The number of esters is 1. The van der Waals surface area contributed by atoms with Crippen LogP contribution in [0, 0.1) is 10.1 Å². The molecule has 37 heavy (non-hydrogen) atoms. The Bertz CT molecular complexity index is 1430. The molecule has 5 aromatic carbocycles. The van der Waals surface area contributed by atoms with Crippen molar-refractivity contribution in [2.75, 3.05) is 0 Å². The number of para-hydroxylation sites is 1. The van der Waals surface area contributed by atoms with Crippen molar-refractivity contribution in [3.63, 3.8) is 0 Å². The molecule has 5 aromatic rings. The molecular formula is C33H25AuO2P. The number of carbonyl (C=O) groups excluding carboxylic acids is 1. The molecule has 0 aliphatic heterocycles. The van der Waals surface area contributed by atoms with Gasteiger partial charge in [-0.1, -0.05) is 0 Å². The number of ether oxygens (including phenoxy) is 1. The maximum atomic E-state index is 12.7. The van der Waals surface area contributed by atoms with E-state index in [-0.39, 0.29) is 5.97 Å². The van der Waals surface area contributed by atoms with Gasteiger partial charge < -0.3 is 0 Å². The van der Waals surface area contributed by atoms with Crippen LogP contribution in [0.15, 0.2) is 146 Å². The zero-order valence-corrected chi connectivity index (χ0v) is 23.1. The van der Waals surface area contributed by atoms with Crippen LogP contribution < -0.4 is 20.7 Å². The molecular weight excluding hydrogens is 656 g/mol. The molecule has 5 rings (SSSR count). The summed E-state index contributed by atoms with van der Waals surface area (Å²) in [4.78, 5) is 12.7. The van der Waals surface area contributed by atoms with E-state index in [9.17, 15) is 4.79 Å². The molecule has 0 radical (unpaired) electrons. The summed E-state index contributed by atoms with van der Waals surface area (Å²) in [5.74, 6) is 3.53. The van der Waals surface area contributed by atoms with Crippen molar-refractivity contribution in [2.45, 2.75) is 0 Å². The number of rotatable bonds is 6. The van der Waals surface area contributed by atoms with Gasteiger partial charge in [-0.3, -0.25) is 0 Å². The number of benzene rings is 5. The summed E-state index contributed by atoms with van der Waals surface area (Å²) in [5.41, 5.74) is 1.31. The van der Waals surface area contributed by atoms with Crippen LogP contribution in [0.4, 0.5) is 0 Å². The number of hydrogen-bond donors (Lipinski definition) is 0. The molecule has 2 nitrogen and oxygen atoms in total. The van der Waals surface area contributed by atoms with Crippen LogP contribution in [0.5, 0.6) is 5.75 Å². The Morgan fingerprint density at radius 2 is 1.08 bits per heavy atom. The van der Waals surface area contributed by atoms with Crippen molar-refractivity contribution < 1.29 is 28.8 Å². The first kappa shape index (κ1) is 25.0. The topological polar surface area (TPSA) is 26.3 Å². The van der Waals surface area contributed by atoms with Crippen LogP contribution in [0.3, 0.4) is 0 Å². The molecule has 0 saturated heterocycles. The Morgan fingerprint density at radius 3 is 1.59 bits per heavy atom. The van der Waals surface area contributed by atoms with E-state index in [1.54, 1.807) is 18.2 Å². The van der Waals surface area contributed by atoms with E-state index in [0.29, 0.717) is 11.3 Å². The zero-order chi connectivity index (χ0) is 25.3. The predicted octanol–water partition coefficient (Wildman–Crippen LogP) is 5.94. The van der Waals surface area contributed by atoms with E-state index in [0.717, 1.165) is 5.56 Å². The molecule has 0 heterocycles. The Hall–Kier alpha value is -3.70. The molecule has 185 valence electrons. The SMILES string of the molecule is O=C(Oc1ccccc1)c1cccc(C#[C][Au][PH](c2ccccc2)(c2ccccc2)c2ccccc2)c1. The molecule has 0 saturated carbocycles. The Labute approximate surface area is 227 Å². The fourth-order valence-corrected chi connectivity index (χ4v) is 15.4. The van der Waals surface area contributed by atoms with Gasteiger partial charge in [0.25, 0.3) is 0 Å². The van der Waals surface area contributed by atoms with Crippen LogP contribution in [0.2, 0.25) is 0 Å². The van der Waals surface area contributed by atoms with Crippen LogP contribution in [-0.4, -0.2) is 5.97 Å². The molecule has 0 atom stereocenters. The second-order valence-electron chi connectivity index (χ2n) is 8.26. The number of hydrogen-bond acceptors (Lipinski definition) is 2. The van der Waals surface area contributed by atoms with Crippen molar-refractivity contribution >= 4 is 27.0 Å². The summed E-state index contributed by atoms with van der Waals surface area (Å²) in [6, 6.07) is 49.0. The minimum absolute atomic E-state index is 0.384. The molecule has 0 aromatic heterocycles. The molecule has 0 aliphatic rings. The standard InChI is InChI=1S/C18H15P.C15H9O2.Au/c1-4-10-16(11-5-1)19(17-12-6-2-7-13-17)18-14-8-3-9-15-18;1-2-12-7-6-8-13(11-12)15(16)17-14-9-4-3-5-10-14;/h1-15H;3-11H;/q;;-1/p+1. The quantitative estimate of drug-likeness (QED) is 0.0730. The van der Waals surface area contributed by atoms with Crippen molar-refractivity contribution in [1.29, 1.82) is 0 Å². The van der Waals surface area contributed by atoms with Gasteiger partial charge in [0.2, 0.25) is 0 Å². The maximum absolute atomic E-state index is 12.7. The van der Waals surface area contributed by atoms with Gasteiger partial charge >= 0.3 is 228 Å². The van der Waals surface area contributed by atoms with Gasteiger partial charge in [-0.05, 0) is 0 Å². The number of carbonyl (C=O) groups is 1. The Morgan fingerprint density at radius 1 is 0.595 bits per heavy atom. The van der Waals surface area contributed by atoms with Gasteiger partial charge in [0, 0.05) is 0 Å². The Kier molecular flexibility index (Phi) is 8.12. The van der Waals surface area contributed by atoms with Gasteiger partial charge in [-0.25, -0.2) is 0 Å². The second kappa shape index (κ2) is 12.0. The normalized spacial score (nSPS) is 11.2. The van der Waals surface area contributed by atoms with Crippen molar-refractivity contribution in [3.8, 4) is 15.8 Å². The molecule has 0 amide bonds. The first-order chi connectivity index (χ1) is 18.3. The molecule has 0 aliphatic carbocycles. The first-order valence-corrected chi connectivity index (χ1v) is 18.0. The molecule has 4 heteroatoms. The van der Waals surface area contributed by atoms with Gasteiger partial charge in [0.15, 0.2) is 0 Å². The van der Waals surface area contributed by atoms with Gasteiger partial charge in [-0.2, -0.15) is 0 Å². The van der Waals surface area contributed by atoms with Crippen LogP contribution in [0.25, 0.3) is 0 Å². The summed E-state index contributed by atoms with van der Waals surface area (Å²) in [6.07, 6.45) is 0. The third-order valence-corrected chi connectivity index (χ3v) is 18.5. The molecule has 0 bridgehead atoms. The van der Waals surface area contributed by atoms with E-state index in [4.69, 9.17) is 4.74 Å². The fourth-order valence-electron chi connectivity index (χ4n) is 4.09. The fraction of sp³-hybridized carbons (Fsp3) is 0. The van der Waals surface area contributed by atoms with E-state index >= 15 is 0 Å².